The Morgan fingerprint density at radius 2 is 2.10 bits per heavy atom. The van der Waals surface area contributed by atoms with Gasteiger partial charge in [0.2, 0.25) is 0 Å². The molecule has 0 heterocycles. The number of hydrogen-bond donors (Lipinski definition) is 2. The van der Waals surface area contributed by atoms with Gasteiger partial charge in [-0.3, -0.25) is 5.43 Å². The number of nitrogens with one attached hydrogen (secondary N) is 2. The molecule has 1 rings (SSSR count). The van der Waals surface area contributed by atoms with E-state index in [2.05, 4.69) is 16.9 Å². The van der Waals surface area contributed by atoms with Crippen LogP contribution in [-0.2, 0) is 11.3 Å². The third kappa shape index (κ3) is 5.16. The van der Waals surface area contributed by atoms with Gasteiger partial charge in [0, 0.05) is 6.54 Å². The van der Waals surface area contributed by atoms with Crippen LogP contribution in [0.25, 0.3) is 0 Å². The van der Waals surface area contributed by atoms with E-state index < -0.39 is 11.7 Å². The molecule has 1 aromatic rings. The smallest absolute Gasteiger partial charge is 0.422 e. The summed E-state index contributed by atoms with van der Waals surface area (Å²) in [6, 6.07) is 7.27. The Balaban J connectivity index is 2.51. The van der Waals surface area contributed by atoms with Gasteiger partial charge < -0.3 is 9.47 Å². The minimum Gasteiger partial charge on any atom is -0.495 e. The molecule has 0 saturated carbocycles. The zero-order valence-corrected chi connectivity index (χ0v) is 12.1. The second-order valence-electron chi connectivity index (χ2n) is 5.13. The summed E-state index contributed by atoms with van der Waals surface area (Å²) in [5, 5.41) is 8.98. The Hall–Kier alpha value is -2.26. The third-order valence-corrected chi connectivity index (χ3v) is 2.27. The summed E-state index contributed by atoms with van der Waals surface area (Å²) < 4.78 is 10.1. The second kappa shape index (κ2) is 6.78. The number of ether oxygens (including phenoxy) is 2. The molecule has 0 fully saturated rings. The van der Waals surface area contributed by atoms with Gasteiger partial charge in [-0.2, -0.15) is 5.26 Å². The number of carbonyl (C=O) groups excluding carboxylic acids is 1. The van der Waals surface area contributed by atoms with E-state index in [9.17, 15) is 4.79 Å². The van der Waals surface area contributed by atoms with Gasteiger partial charge in [-0.1, -0.05) is 6.07 Å². The molecule has 2 N–H and O–H groups in total. The van der Waals surface area contributed by atoms with Crippen LogP contribution in [0.5, 0.6) is 5.75 Å². The fraction of sp³-hybridized carbons (Fsp3) is 0.429. The zero-order valence-electron chi connectivity index (χ0n) is 12.1. The quantitative estimate of drug-likeness (QED) is 0.823. The molecule has 0 aliphatic carbocycles. The minimum atomic E-state index is -0.550. The number of carbonyl (C=O) groups is 1. The summed E-state index contributed by atoms with van der Waals surface area (Å²) in [6.45, 7) is 5.73. The zero-order chi connectivity index (χ0) is 15.2. The van der Waals surface area contributed by atoms with Crippen LogP contribution in [0.1, 0.15) is 31.9 Å². The van der Waals surface area contributed by atoms with Crippen LogP contribution in [0.4, 0.5) is 4.79 Å². The number of amides is 1. The number of nitrogens with zero attached hydrogens (tertiary/aromatic N) is 1. The molecule has 108 valence electrons. The Kier molecular flexibility index (Phi) is 5.35. The lowest BCUT2D eigenvalue weighted by molar-refractivity contribution is 0.0497. The first kappa shape index (κ1) is 15.8. The maximum Gasteiger partial charge on any atom is 0.422 e. The van der Waals surface area contributed by atoms with Gasteiger partial charge >= 0.3 is 6.09 Å². The van der Waals surface area contributed by atoms with Crippen molar-refractivity contribution in [3.63, 3.8) is 0 Å². The van der Waals surface area contributed by atoms with Crippen molar-refractivity contribution in [1.82, 2.24) is 10.9 Å². The van der Waals surface area contributed by atoms with E-state index >= 15 is 0 Å². The molecule has 1 aromatic carbocycles. The predicted molar refractivity (Wildman–Crippen MR) is 73.9 cm³/mol. The summed E-state index contributed by atoms with van der Waals surface area (Å²) in [5.74, 6) is 0.524. The number of rotatable bonds is 4. The molecule has 0 bridgehead atoms. The van der Waals surface area contributed by atoms with Gasteiger partial charge in [0.05, 0.1) is 12.7 Å². The van der Waals surface area contributed by atoms with Crippen LogP contribution in [0.15, 0.2) is 18.2 Å². The van der Waals surface area contributed by atoms with Crippen molar-refractivity contribution in [2.24, 2.45) is 0 Å². The highest BCUT2D eigenvalue weighted by molar-refractivity contribution is 5.67. The van der Waals surface area contributed by atoms with Gasteiger partial charge in [-0.25, -0.2) is 10.2 Å². The SMILES string of the molecule is COc1ccc(CNNC(=O)OC(C)(C)C)cc1C#N. The van der Waals surface area contributed by atoms with Crippen molar-refractivity contribution in [3.05, 3.63) is 29.3 Å². The molecule has 6 nitrogen and oxygen atoms in total. The minimum absolute atomic E-state index is 0.373. The van der Waals surface area contributed by atoms with Crippen LogP contribution < -0.4 is 15.6 Å². The molecule has 1 amide bonds. The predicted octanol–water partition coefficient (Wildman–Crippen LogP) is 2.10. The van der Waals surface area contributed by atoms with Gasteiger partial charge in [-0.15, -0.1) is 0 Å². The highest BCUT2D eigenvalue weighted by Crippen LogP contribution is 2.18. The first-order valence-corrected chi connectivity index (χ1v) is 6.14. The Bertz CT molecular complexity index is 515. The standard InChI is InChI=1S/C14H19N3O3/c1-14(2,3)20-13(18)17-16-9-10-5-6-12(19-4)11(7-10)8-15/h5-7,16H,9H2,1-4H3,(H,17,18). The molecule has 0 spiro atoms. The fourth-order valence-corrected chi connectivity index (χ4v) is 1.47. The van der Waals surface area contributed by atoms with Crippen LogP contribution >= 0.6 is 0 Å². The van der Waals surface area contributed by atoms with Crippen molar-refractivity contribution in [2.45, 2.75) is 32.9 Å². The fourth-order valence-electron chi connectivity index (χ4n) is 1.47. The Labute approximate surface area is 118 Å². The average Bonchev–Trinajstić information content (AvgIpc) is 2.36. The van der Waals surface area contributed by atoms with E-state index in [0.717, 1.165) is 5.56 Å². The van der Waals surface area contributed by atoms with Crippen LogP contribution in [-0.4, -0.2) is 18.8 Å². The maximum atomic E-state index is 11.4. The van der Waals surface area contributed by atoms with Crippen molar-refractivity contribution in [2.75, 3.05) is 7.11 Å². The molecule has 0 radical (unpaired) electrons. The summed E-state index contributed by atoms with van der Waals surface area (Å²) in [6.07, 6.45) is -0.550. The molecule has 0 unspecified atom stereocenters. The van der Waals surface area contributed by atoms with Crippen molar-refractivity contribution < 1.29 is 14.3 Å². The number of benzene rings is 1. The monoisotopic (exact) mass is 277 g/mol. The van der Waals surface area contributed by atoms with Crippen LogP contribution in [0.3, 0.4) is 0 Å². The highest BCUT2D eigenvalue weighted by Gasteiger charge is 2.15. The lowest BCUT2D eigenvalue weighted by Gasteiger charge is -2.19. The molecule has 6 heteroatoms. The number of hydrazine groups is 1. The highest BCUT2D eigenvalue weighted by atomic mass is 16.6. The number of nitriles is 1. The van der Waals surface area contributed by atoms with Crippen molar-refractivity contribution >= 4 is 6.09 Å². The molecule has 20 heavy (non-hydrogen) atoms. The van der Waals surface area contributed by atoms with Gasteiger partial charge in [0.15, 0.2) is 0 Å². The Morgan fingerprint density at radius 3 is 2.65 bits per heavy atom. The first-order chi connectivity index (χ1) is 9.35. The van der Waals surface area contributed by atoms with Gasteiger partial charge in [0.1, 0.15) is 17.4 Å². The molecular weight excluding hydrogens is 258 g/mol. The van der Waals surface area contributed by atoms with Crippen LogP contribution in [0, 0.1) is 11.3 Å². The molecule has 0 saturated heterocycles. The maximum absolute atomic E-state index is 11.4. The van der Waals surface area contributed by atoms with E-state index in [1.807, 2.05) is 6.07 Å². The van der Waals surface area contributed by atoms with E-state index in [1.54, 1.807) is 32.9 Å². The summed E-state index contributed by atoms with van der Waals surface area (Å²) in [7, 11) is 1.51. The summed E-state index contributed by atoms with van der Waals surface area (Å²) in [4.78, 5) is 11.4. The van der Waals surface area contributed by atoms with E-state index in [-0.39, 0.29) is 0 Å². The average molecular weight is 277 g/mol. The van der Waals surface area contributed by atoms with Gasteiger partial charge in [-0.05, 0) is 38.5 Å². The molecule has 0 atom stereocenters. The normalized spacial score (nSPS) is 10.6. The van der Waals surface area contributed by atoms with E-state index in [4.69, 9.17) is 14.7 Å². The second-order valence-corrected chi connectivity index (χ2v) is 5.13. The number of methoxy groups -OCH3 is 1. The van der Waals surface area contributed by atoms with E-state index in [0.29, 0.717) is 17.9 Å². The molecular formula is C14H19N3O3. The first-order valence-electron chi connectivity index (χ1n) is 6.14. The summed E-state index contributed by atoms with van der Waals surface area (Å²) in [5.41, 5.74) is 5.92. The molecule has 0 aliphatic rings. The largest absolute Gasteiger partial charge is 0.495 e. The Morgan fingerprint density at radius 1 is 1.40 bits per heavy atom. The van der Waals surface area contributed by atoms with Crippen molar-refractivity contribution in [3.8, 4) is 11.8 Å². The lowest BCUT2D eigenvalue weighted by atomic mass is 10.1. The molecule has 0 aliphatic heterocycles. The van der Waals surface area contributed by atoms with E-state index in [1.165, 1.54) is 7.11 Å². The van der Waals surface area contributed by atoms with Crippen LogP contribution in [0.2, 0.25) is 0 Å². The number of hydrogen-bond acceptors (Lipinski definition) is 5. The van der Waals surface area contributed by atoms with Crippen molar-refractivity contribution in [1.29, 1.82) is 5.26 Å². The summed E-state index contributed by atoms with van der Waals surface area (Å²) >= 11 is 0. The molecule has 0 aromatic heterocycles. The van der Waals surface area contributed by atoms with Gasteiger partial charge in [0.25, 0.3) is 0 Å². The lowest BCUT2D eigenvalue weighted by Crippen LogP contribution is -2.40. The third-order valence-electron chi connectivity index (χ3n) is 2.27. The topological polar surface area (TPSA) is 83.4 Å².